The van der Waals surface area contributed by atoms with E-state index in [0.717, 1.165) is 28.9 Å². The number of amides is 1. The monoisotopic (exact) mass is 463 g/mol. The zero-order chi connectivity index (χ0) is 18.4. The van der Waals surface area contributed by atoms with Crippen LogP contribution in [0.1, 0.15) is 24.8 Å². The van der Waals surface area contributed by atoms with Gasteiger partial charge in [-0.05, 0) is 72.7 Å². The van der Waals surface area contributed by atoms with E-state index in [2.05, 4.69) is 62.0 Å². The van der Waals surface area contributed by atoms with Crippen molar-refractivity contribution < 1.29 is 4.79 Å². The number of nitrogens with one attached hydrogen (secondary N) is 1. The van der Waals surface area contributed by atoms with Crippen molar-refractivity contribution in [2.75, 3.05) is 36.9 Å². The van der Waals surface area contributed by atoms with Gasteiger partial charge in [0, 0.05) is 28.9 Å². The number of carbonyl (C=O) groups excluding carboxylic acids is 1. The maximum Gasteiger partial charge on any atom is 0.238 e. The minimum atomic E-state index is 0.0204. The second-order valence-electron chi connectivity index (χ2n) is 6.88. The SMILES string of the molecule is CN(CC(=O)Nc1ccccc1I)Cc1ccccc1N1CCCCC1. The van der Waals surface area contributed by atoms with Crippen molar-refractivity contribution in [2.24, 2.45) is 0 Å². The molecule has 2 aromatic rings. The molecule has 3 rings (SSSR count). The molecular weight excluding hydrogens is 437 g/mol. The van der Waals surface area contributed by atoms with E-state index in [1.165, 1.54) is 30.5 Å². The minimum Gasteiger partial charge on any atom is -0.371 e. The second-order valence-corrected chi connectivity index (χ2v) is 8.04. The lowest BCUT2D eigenvalue weighted by Crippen LogP contribution is -2.33. The standard InChI is InChI=1S/C21H26IN3O/c1-24(16-21(26)23-19-11-5-4-10-18(19)22)15-17-9-3-6-12-20(17)25-13-7-2-8-14-25/h3-6,9-12H,2,7-8,13-16H2,1H3,(H,23,26). The largest absolute Gasteiger partial charge is 0.371 e. The number of nitrogens with zero attached hydrogens (tertiary/aromatic N) is 2. The van der Waals surface area contributed by atoms with E-state index in [4.69, 9.17) is 0 Å². The van der Waals surface area contributed by atoms with Crippen LogP contribution in [0.15, 0.2) is 48.5 Å². The molecule has 0 aromatic heterocycles. The van der Waals surface area contributed by atoms with Crippen molar-refractivity contribution >= 4 is 39.9 Å². The van der Waals surface area contributed by atoms with Crippen molar-refractivity contribution in [3.05, 3.63) is 57.7 Å². The topological polar surface area (TPSA) is 35.6 Å². The first-order valence-electron chi connectivity index (χ1n) is 9.19. The maximum atomic E-state index is 12.4. The molecule has 0 aliphatic carbocycles. The molecule has 5 heteroatoms. The summed E-state index contributed by atoms with van der Waals surface area (Å²) in [6.07, 6.45) is 3.86. The van der Waals surface area contributed by atoms with Crippen LogP contribution in [0.5, 0.6) is 0 Å². The number of benzene rings is 2. The number of para-hydroxylation sites is 2. The van der Waals surface area contributed by atoms with E-state index in [0.29, 0.717) is 6.54 Å². The molecule has 1 aliphatic heterocycles. The Balaban J connectivity index is 1.60. The van der Waals surface area contributed by atoms with Crippen LogP contribution in [0, 0.1) is 3.57 Å². The Kier molecular flexibility index (Phi) is 6.91. The van der Waals surface area contributed by atoms with Crippen molar-refractivity contribution in [1.82, 2.24) is 4.90 Å². The van der Waals surface area contributed by atoms with Crippen LogP contribution in [0.4, 0.5) is 11.4 Å². The Hall–Kier alpha value is -1.60. The first-order chi connectivity index (χ1) is 12.6. The molecule has 138 valence electrons. The fourth-order valence-electron chi connectivity index (χ4n) is 3.43. The van der Waals surface area contributed by atoms with Gasteiger partial charge in [0.15, 0.2) is 0 Å². The van der Waals surface area contributed by atoms with Gasteiger partial charge in [0.2, 0.25) is 5.91 Å². The molecule has 1 fully saturated rings. The Morgan fingerprint density at radius 3 is 2.54 bits per heavy atom. The first-order valence-corrected chi connectivity index (χ1v) is 10.3. The smallest absolute Gasteiger partial charge is 0.238 e. The maximum absolute atomic E-state index is 12.4. The third-order valence-electron chi connectivity index (χ3n) is 4.69. The first kappa shape index (κ1) is 19.2. The predicted octanol–water partition coefficient (Wildman–Crippen LogP) is 4.35. The zero-order valence-corrected chi connectivity index (χ0v) is 17.4. The van der Waals surface area contributed by atoms with Crippen LogP contribution in [0.3, 0.4) is 0 Å². The van der Waals surface area contributed by atoms with Crippen molar-refractivity contribution in [3.63, 3.8) is 0 Å². The van der Waals surface area contributed by atoms with E-state index in [1.807, 2.05) is 31.3 Å². The van der Waals surface area contributed by atoms with E-state index in [1.54, 1.807) is 0 Å². The molecule has 1 aliphatic rings. The van der Waals surface area contributed by atoms with Gasteiger partial charge < -0.3 is 10.2 Å². The summed E-state index contributed by atoms with van der Waals surface area (Å²) >= 11 is 2.24. The summed E-state index contributed by atoms with van der Waals surface area (Å²) in [5.41, 5.74) is 3.48. The van der Waals surface area contributed by atoms with Gasteiger partial charge in [-0.3, -0.25) is 9.69 Å². The molecule has 1 N–H and O–H groups in total. The molecule has 0 bridgehead atoms. The molecule has 0 atom stereocenters. The van der Waals surface area contributed by atoms with Crippen molar-refractivity contribution in [2.45, 2.75) is 25.8 Å². The lowest BCUT2D eigenvalue weighted by Gasteiger charge is -2.31. The zero-order valence-electron chi connectivity index (χ0n) is 15.2. The van der Waals surface area contributed by atoms with Crippen LogP contribution in [0.25, 0.3) is 0 Å². The van der Waals surface area contributed by atoms with E-state index < -0.39 is 0 Å². The fraction of sp³-hybridized carbons (Fsp3) is 0.381. The third-order valence-corrected chi connectivity index (χ3v) is 5.63. The summed E-state index contributed by atoms with van der Waals surface area (Å²) in [6, 6.07) is 16.4. The summed E-state index contributed by atoms with van der Waals surface area (Å²) in [6.45, 7) is 3.41. The highest BCUT2D eigenvalue weighted by Crippen LogP contribution is 2.25. The summed E-state index contributed by atoms with van der Waals surface area (Å²) in [4.78, 5) is 16.9. The number of hydrogen-bond acceptors (Lipinski definition) is 3. The van der Waals surface area contributed by atoms with Crippen LogP contribution in [-0.2, 0) is 11.3 Å². The van der Waals surface area contributed by atoms with Crippen molar-refractivity contribution in [1.29, 1.82) is 0 Å². The summed E-state index contributed by atoms with van der Waals surface area (Å²) in [7, 11) is 2.00. The average Bonchev–Trinajstić information content (AvgIpc) is 2.64. The highest BCUT2D eigenvalue weighted by molar-refractivity contribution is 14.1. The third kappa shape index (κ3) is 5.20. The molecule has 0 unspecified atom stereocenters. The van der Waals surface area contributed by atoms with Crippen LogP contribution >= 0.6 is 22.6 Å². The molecule has 26 heavy (non-hydrogen) atoms. The minimum absolute atomic E-state index is 0.0204. The second kappa shape index (κ2) is 9.37. The molecule has 1 heterocycles. The summed E-state index contributed by atoms with van der Waals surface area (Å²) < 4.78 is 1.05. The lowest BCUT2D eigenvalue weighted by molar-refractivity contribution is -0.117. The Bertz CT molecular complexity index is 744. The predicted molar refractivity (Wildman–Crippen MR) is 117 cm³/mol. The van der Waals surface area contributed by atoms with E-state index >= 15 is 0 Å². The molecule has 1 amide bonds. The number of hydrogen-bond donors (Lipinski definition) is 1. The average molecular weight is 463 g/mol. The van der Waals surface area contributed by atoms with Gasteiger partial charge in [-0.25, -0.2) is 0 Å². The molecule has 2 aromatic carbocycles. The molecular formula is C21H26IN3O. The van der Waals surface area contributed by atoms with Gasteiger partial charge in [-0.2, -0.15) is 0 Å². The van der Waals surface area contributed by atoms with Gasteiger partial charge in [-0.1, -0.05) is 30.3 Å². The number of likely N-dealkylation sites (N-methyl/N-ethyl adjacent to an activating group) is 1. The number of piperidine rings is 1. The number of carbonyl (C=O) groups is 1. The van der Waals surface area contributed by atoms with E-state index in [-0.39, 0.29) is 5.91 Å². The summed E-state index contributed by atoms with van der Waals surface area (Å²) in [5.74, 6) is 0.0204. The molecule has 4 nitrogen and oxygen atoms in total. The van der Waals surface area contributed by atoms with Gasteiger partial charge in [-0.15, -0.1) is 0 Å². The van der Waals surface area contributed by atoms with Crippen LogP contribution < -0.4 is 10.2 Å². The van der Waals surface area contributed by atoms with E-state index in [9.17, 15) is 4.79 Å². The highest BCUT2D eigenvalue weighted by Gasteiger charge is 2.16. The van der Waals surface area contributed by atoms with Crippen LogP contribution in [0.2, 0.25) is 0 Å². The number of rotatable bonds is 6. The van der Waals surface area contributed by atoms with Gasteiger partial charge in [0.1, 0.15) is 0 Å². The molecule has 1 saturated heterocycles. The Morgan fingerprint density at radius 1 is 1.08 bits per heavy atom. The molecule has 0 spiro atoms. The number of halogens is 1. The highest BCUT2D eigenvalue weighted by atomic mass is 127. The normalized spacial score (nSPS) is 14.5. The molecule has 0 radical (unpaired) electrons. The Labute approximate surface area is 169 Å². The summed E-state index contributed by atoms with van der Waals surface area (Å²) in [5, 5.41) is 3.01. The van der Waals surface area contributed by atoms with Gasteiger partial charge >= 0.3 is 0 Å². The van der Waals surface area contributed by atoms with Gasteiger partial charge in [0.05, 0.1) is 12.2 Å². The Morgan fingerprint density at radius 2 is 1.77 bits per heavy atom. The lowest BCUT2D eigenvalue weighted by atomic mass is 10.1. The molecule has 0 saturated carbocycles. The van der Waals surface area contributed by atoms with Gasteiger partial charge in [0.25, 0.3) is 0 Å². The van der Waals surface area contributed by atoms with Crippen LogP contribution in [-0.4, -0.2) is 37.5 Å². The van der Waals surface area contributed by atoms with Crippen molar-refractivity contribution in [3.8, 4) is 0 Å². The quantitative estimate of drug-likeness (QED) is 0.648. The number of anilines is 2. The fourth-order valence-corrected chi connectivity index (χ4v) is 3.95.